The number of nitrogens with zero attached hydrogens (tertiary/aromatic N) is 3. The summed E-state index contributed by atoms with van der Waals surface area (Å²) in [6.07, 6.45) is 6.03. The number of aromatic nitrogens is 3. The summed E-state index contributed by atoms with van der Waals surface area (Å²) in [6.45, 7) is 3.62. The van der Waals surface area contributed by atoms with E-state index in [1.807, 2.05) is 6.92 Å². The largest absolute Gasteiger partial charge is 0.398 e. The lowest BCUT2D eigenvalue weighted by atomic mass is 10.4. The van der Waals surface area contributed by atoms with Gasteiger partial charge in [0.05, 0.1) is 0 Å². The molecule has 2 aromatic rings. The Labute approximate surface area is 110 Å². The normalized spacial score (nSPS) is 10.8. The van der Waals surface area contributed by atoms with Crippen molar-refractivity contribution >= 4 is 5.69 Å². The van der Waals surface area contributed by atoms with Crippen molar-refractivity contribution < 1.29 is 0 Å². The van der Waals surface area contributed by atoms with Crippen molar-refractivity contribution in [3.63, 3.8) is 0 Å². The molecule has 0 aliphatic heterocycles. The van der Waals surface area contributed by atoms with Crippen molar-refractivity contribution in [1.82, 2.24) is 13.7 Å². The quantitative estimate of drug-likeness (QED) is 0.852. The minimum Gasteiger partial charge on any atom is -0.398 e. The van der Waals surface area contributed by atoms with E-state index in [0.717, 1.165) is 6.42 Å². The van der Waals surface area contributed by atoms with Crippen LogP contribution in [0.1, 0.15) is 13.3 Å². The van der Waals surface area contributed by atoms with Crippen molar-refractivity contribution in [2.75, 3.05) is 5.73 Å². The van der Waals surface area contributed by atoms with Gasteiger partial charge in [0.1, 0.15) is 0 Å². The second-order valence-corrected chi connectivity index (χ2v) is 4.46. The molecule has 0 aromatic carbocycles. The first-order valence-electron chi connectivity index (χ1n) is 6.33. The van der Waals surface area contributed by atoms with Gasteiger partial charge in [-0.05, 0) is 12.5 Å². The molecular formula is C13H18N4O2. The number of aryl methyl sites for hydroxylation is 3. The summed E-state index contributed by atoms with van der Waals surface area (Å²) in [5.74, 6) is 0. The third kappa shape index (κ3) is 2.96. The summed E-state index contributed by atoms with van der Waals surface area (Å²) in [6, 6.07) is 3.00. The smallest absolute Gasteiger partial charge is 0.328 e. The predicted octanol–water partition coefficient (Wildman–Crippen LogP) is 0.504. The molecule has 6 heteroatoms. The van der Waals surface area contributed by atoms with Crippen LogP contribution in [0.3, 0.4) is 0 Å². The van der Waals surface area contributed by atoms with E-state index in [9.17, 15) is 9.59 Å². The fourth-order valence-electron chi connectivity index (χ4n) is 1.97. The van der Waals surface area contributed by atoms with Gasteiger partial charge in [0.15, 0.2) is 0 Å². The third-order valence-corrected chi connectivity index (χ3v) is 2.97. The maximum atomic E-state index is 11.9. The van der Waals surface area contributed by atoms with Crippen molar-refractivity contribution in [2.24, 2.45) is 0 Å². The van der Waals surface area contributed by atoms with Crippen LogP contribution in [0.4, 0.5) is 5.69 Å². The monoisotopic (exact) mass is 262 g/mol. The zero-order chi connectivity index (χ0) is 13.8. The number of pyridine rings is 1. The van der Waals surface area contributed by atoms with Gasteiger partial charge in [0.2, 0.25) is 0 Å². The third-order valence-electron chi connectivity index (χ3n) is 2.97. The lowest BCUT2D eigenvalue weighted by Gasteiger charge is -2.06. The Bertz CT molecular complexity index is 666. The Morgan fingerprint density at radius 1 is 1.00 bits per heavy atom. The molecule has 6 nitrogen and oxygen atoms in total. The molecule has 102 valence electrons. The minimum atomic E-state index is -0.116. The standard InChI is InChI=1S/C13H18N4O2/c1-2-5-15-6-7-16(13(15)19)8-9-17-10-11(14)3-4-12(17)18/h3-4,6-7,10H,2,5,8-9,14H2,1H3. The molecule has 0 aliphatic rings. The predicted molar refractivity (Wildman–Crippen MR) is 74.1 cm³/mol. The fourth-order valence-corrected chi connectivity index (χ4v) is 1.97. The molecule has 0 aliphatic carbocycles. The Hall–Kier alpha value is -2.24. The van der Waals surface area contributed by atoms with E-state index in [4.69, 9.17) is 5.73 Å². The molecule has 2 heterocycles. The molecule has 0 fully saturated rings. The lowest BCUT2D eigenvalue weighted by molar-refractivity contribution is 0.536. The summed E-state index contributed by atoms with van der Waals surface area (Å²) in [5, 5.41) is 0. The van der Waals surface area contributed by atoms with E-state index >= 15 is 0 Å². The summed E-state index contributed by atoms with van der Waals surface area (Å²) < 4.78 is 4.78. The Kier molecular flexibility index (Phi) is 3.89. The van der Waals surface area contributed by atoms with Gasteiger partial charge in [-0.15, -0.1) is 0 Å². The van der Waals surface area contributed by atoms with Crippen LogP contribution in [0, 0.1) is 0 Å². The van der Waals surface area contributed by atoms with Crippen LogP contribution in [-0.2, 0) is 19.6 Å². The first kappa shape index (κ1) is 13.2. The molecule has 0 unspecified atom stereocenters. The van der Waals surface area contributed by atoms with Crippen molar-refractivity contribution in [3.8, 4) is 0 Å². The number of imidazole rings is 1. The van der Waals surface area contributed by atoms with E-state index in [0.29, 0.717) is 25.3 Å². The van der Waals surface area contributed by atoms with Crippen molar-refractivity contribution in [3.05, 3.63) is 51.6 Å². The van der Waals surface area contributed by atoms with E-state index in [1.165, 1.54) is 10.6 Å². The molecule has 0 atom stereocenters. The summed E-state index contributed by atoms with van der Waals surface area (Å²) in [4.78, 5) is 23.5. The number of nitrogen functional groups attached to an aromatic ring is 1. The molecule has 19 heavy (non-hydrogen) atoms. The highest BCUT2D eigenvalue weighted by molar-refractivity contribution is 5.33. The van der Waals surface area contributed by atoms with E-state index in [2.05, 4.69) is 0 Å². The number of nitrogens with two attached hydrogens (primary N) is 1. The maximum absolute atomic E-state index is 11.9. The topological polar surface area (TPSA) is 75.0 Å². The molecular weight excluding hydrogens is 244 g/mol. The van der Waals surface area contributed by atoms with Crippen LogP contribution in [0.15, 0.2) is 40.3 Å². The molecule has 2 rings (SSSR count). The number of hydrogen-bond acceptors (Lipinski definition) is 3. The van der Waals surface area contributed by atoms with Crippen LogP contribution < -0.4 is 17.0 Å². The average molecular weight is 262 g/mol. The SMILES string of the molecule is CCCn1ccn(CCn2cc(N)ccc2=O)c1=O. The Morgan fingerprint density at radius 2 is 1.63 bits per heavy atom. The second kappa shape index (κ2) is 5.60. The first-order chi connectivity index (χ1) is 9.11. The first-order valence-corrected chi connectivity index (χ1v) is 6.33. The van der Waals surface area contributed by atoms with Crippen LogP contribution in [0.25, 0.3) is 0 Å². The van der Waals surface area contributed by atoms with E-state index in [1.54, 1.807) is 33.8 Å². The maximum Gasteiger partial charge on any atom is 0.328 e. The summed E-state index contributed by atoms with van der Waals surface area (Å²) in [5.41, 5.74) is 6.02. The summed E-state index contributed by atoms with van der Waals surface area (Å²) >= 11 is 0. The molecule has 0 amide bonds. The molecule has 0 radical (unpaired) electrons. The Morgan fingerprint density at radius 3 is 2.32 bits per heavy atom. The molecule has 0 saturated heterocycles. The van der Waals surface area contributed by atoms with Gasteiger partial charge >= 0.3 is 5.69 Å². The Balaban J connectivity index is 2.13. The second-order valence-electron chi connectivity index (χ2n) is 4.46. The highest BCUT2D eigenvalue weighted by Crippen LogP contribution is 1.96. The van der Waals surface area contributed by atoms with Gasteiger partial charge in [-0.1, -0.05) is 6.92 Å². The molecule has 2 aromatic heterocycles. The van der Waals surface area contributed by atoms with Gasteiger partial charge in [0.25, 0.3) is 5.56 Å². The summed E-state index contributed by atoms with van der Waals surface area (Å²) in [7, 11) is 0. The van der Waals surface area contributed by atoms with Gasteiger partial charge in [-0.2, -0.15) is 0 Å². The zero-order valence-electron chi connectivity index (χ0n) is 11.0. The molecule has 0 spiro atoms. The van der Waals surface area contributed by atoms with Gasteiger partial charge < -0.3 is 10.3 Å². The van der Waals surface area contributed by atoms with Crippen molar-refractivity contribution in [1.29, 1.82) is 0 Å². The van der Waals surface area contributed by atoms with Crippen LogP contribution in [0.2, 0.25) is 0 Å². The average Bonchev–Trinajstić information content (AvgIpc) is 2.73. The highest BCUT2D eigenvalue weighted by Gasteiger charge is 2.03. The minimum absolute atomic E-state index is 0.0428. The van der Waals surface area contributed by atoms with Crippen LogP contribution in [-0.4, -0.2) is 13.7 Å². The van der Waals surface area contributed by atoms with Crippen LogP contribution >= 0.6 is 0 Å². The number of hydrogen-bond donors (Lipinski definition) is 1. The zero-order valence-corrected chi connectivity index (χ0v) is 11.0. The van der Waals surface area contributed by atoms with E-state index in [-0.39, 0.29) is 11.2 Å². The molecule has 0 bridgehead atoms. The lowest BCUT2D eigenvalue weighted by Crippen LogP contribution is -2.28. The number of anilines is 1. The van der Waals surface area contributed by atoms with Crippen LogP contribution in [0.5, 0.6) is 0 Å². The molecule has 2 N–H and O–H groups in total. The van der Waals surface area contributed by atoms with E-state index < -0.39 is 0 Å². The number of rotatable bonds is 5. The van der Waals surface area contributed by atoms with Crippen molar-refractivity contribution in [2.45, 2.75) is 33.0 Å². The fraction of sp³-hybridized carbons (Fsp3) is 0.385. The van der Waals surface area contributed by atoms with Gasteiger partial charge in [-0.3, -0.25) is 13.9 Å². The highest BCUT2D eigenvalue weighted by atomic mass is 16.1. The van der Waals surface area contributed by atoms with Gasteiger partial charge in [0, 0.05) is 50.0 Å². The van der Waals surface area contributed by atoms with Gasteiger partial charge in [-0.25, -0.2) is 4.79 Å². The molecule has 0 saturated carbocycles.